The molecule has 5 nitrogen and oxygen atoms in total. The molecule has 1 aromatic carbocycles. The van der Waals surface area contributed by atoms with Gasteiger partial charge >= 0.3 is 0 Å². The second-order valence-electron chi connectivity index (χ2n) is 4.28. The van der Waals surface area contributed by atoms with E-state index in [4.69, 9.17) is 0 Å². The SMILES string of the molecule is Brc1cncc(CNc2ccc(Sc3ncn[nH]3)cc2)c1. The van der Waals surface area contributed by atoms with Crippen LogP contribution in [0, 0.1) is 0 Å². The van der Waals surface area contributed by atoms with Crippen LogP contribution >= 0.6 is 27.7 Å². The van der Waals surface area contributed by atoms with Crippen LogP contribution in [0.15, 0.2) is 63.6 Å². The van der Waals surface area contributed by atoms with Crippen LogP contribution in [0.3, 0.4) is 0 Å². The minimum atomic E-state index is 0.737. The predicted molar refractivity (Wildman–Crippen MR) is 86.2 cm³/mol. The molecule has 0 aliphatic rings. The maximum Gasteiger partial charge on any atom is 0.188 e. The molecule has 3 rings (SSSR count). The number of H-pyrrole nitrogens is 1. The molecule has 0 unspecified atom stereocenters. The van der Waals surface area contributed by atoms with Crippen LogP contribution in [0.1, 0.15) is 5.56 Å². The minimum Gasteiger partial charge on any atom is -0.381 e. The summed E-state index contributed by atoms with van der Waals surface area (Å²) >= 11 is 4.97. The van der Waals surface area contributed by atoms with Crippen LogP contribution in [-0.2, 0) is 6.54 Å². The van der Waals surface area contributed by atoms with E-state index < -0.39 is 0 Å². The van der Waals surface area contributed by atoms with Crippen molar-refractivity contribution in [2.75, 3.05) is 5.32 Å². The summed E-state index contributed by atoms with van der Waals surface area (Å²) in [6.07, 6.45) is 5.13. The molecule has 2 N–H and O–H groups in total. The molecule has 2 aromatic heterocycles. The Morgan fingerprint density at radius 3 is 2.76 bits per heavy atom. The molecule has 0 saturated heterocycles. The Balaban J connectivity index is 1.59. The van der Waals surface area contributed by atoms with E-state index in [0.717, 1.165) is 32.3 Å². The average Bonchev–Trinajstić information content (AvgIpc) is 3.00. The zero-order valence-corrected chi connectivity index (χ0v) is 13.4. The summed E-state index contributed by atoms with van der Waals surface area (Å²) in [7, 11) is 0. The molecule has 0 aliphatic carbocycles. The van der Waals surface area contributed by atoms with E-state index in [0.29, 0.717) is 0 Å². The molecule has 0 saturated carbocycles. The van der Waals surface area contributed by atoms with Gasteiger partial charge in [-0.25, -0.2) is 4.98 Å². The largest absolute Gasteiger partial charge is 0.381 e. The van der Waals surface area contributed by atoms with Gasteiger partial charge in [0.1, 0.15) is 6.33 Å². The van der Waals surface area contributed by atoms with Gasteiger partial charge in [0.05, 0.1) is 0 Å². The van der Waals surface area contributed by atoms with E-state index in [1.165, 1.54) is 6.33 Å². The minimum absolute atomic E-state index is 0.737. The molecule has 0 bridgehead atoms. The summed E-state index contributed by atoms with van der Waals surface area (Å²) < 4.78 is 0.987. The summed E-state index contributed by atoms with van der Waals surface area (Å²) in [5, 5.41) is 10.8. The number of hydrogen-bond donors (Lipinski definition) is 2. The Labute approximate surface area is 134 Å². The lowest BCUT2D eigenvalue weighted by atomic mass is 10.2. The summed E-state index contributed by atoms with van der Waals surface area (Å²) in [6.45, 7) is 0.737. The number of anilines is 1. The molecular formula is C14H12BrN5S. The summed E-state index contributed by atoms with van der Waals surface area (Å²) in [5.74, 6) is 0. The van der Waals surface area contributed by atoms with Gasteiger partial charge in [-0.2, -0.15) is 5.10 Å². The van der Waals surface area contributed by atoms with Gasteiger partial charge in [-0.15, -0.1) is 0 Å². The number of rotatable bonds is 5. The van der Waals surface area contributed by atoms with Crippen molar-refractivity contribution in [1.82, 2.24) is 20.2 Å². The van der Waals surface area contributed by atoms with Gasteiger partial charge < -0.3 is 5.32 Å². The highest BCUT2D eigenvalue weighted by Gasteiger charge is 2.00. The van der Waals surface area contributed by atoms with Gasteiger partial charge in [0, 0.05) is 34.0 Å². The van der Waals surface area contributed by atoms with Gasteiger partial charge in [0.15, 0.2) is 5.16 Å². The fourth-order valence-corrected chi connectivity index (χ4v) is 2.86. The zero-order chi connectivity index (χ0) is 14.5. The second kappa shape index (κ2) is 6.73. The molecule has 0 amide bonds. The highest BCUT2D eigenvalue weighted by Crippen LogP contribution is 2.25. The van der Waals surface area contributed by atoms with E-state index in [1.807, 2.05) is 24.4 Å². The van der Waals surface area contributed by atoms with Crippen LogP contribution < -0.4 is 5.32 Å². The fraction of sp³-hybridized carbons (Fsp3) is 0.0714. The molecule has 0 fully saturated rings. The average molecular weight is 362 g/mol. The lowest BCUT2D eigenvalue weighted by Crippen LogP contribution is -1.99. The maximum absolute atomic E-state index is 4.15. The van der Waals surface area contributed by atoms with Gasteiger partial charge in [-0.3, -0.25) is 10.1 Å². The van der Waals surface area contributed by atoms with E-state index in [1.54, 1.807) is 18.0 Å². The molecule has 0 aliphatic heterocycles. The van der Waals surface area contributed by atoms with Crippen molar-refractivity contribution in [1.29, 1.82) is 0 Å². The number of halogens is 1. The Morgan fingerprint density at radius 2 is 2.05 bits per heavy atom. The molecule has 0 atom stereocenters. The smallest absolute Gasteiger partial charge is 0.188 e. The van der Waals surface area contributed by atoms with Crippen LogP contribution in [-0.4, -0.2) is 20.2 Å². The molecule has 106 valence electrons. The maximum atomic E-state index is 4.15. The molecule has 2 heterocycles. The van der Waals surface area contributed by atoms with Gasteiger partial charge in [0.25, 0.3) is 0 Å². The number of hydrogen-bond acceptors (Lipinski definition) is 5. The van der Waals surface area contributed by atoms with Crippen molar-refractivity contribution in [3.63, 3.8) is 0 Å². The molecule has 0 radical (unpaired) electrons. The van der Waals surface area contributed by atoms with Crippen LogP contribution in [0.25, 0.3) is 0 Å². The summed E-state index contributed by atoms with van der Waals surface area (Å²) in [5.41, 5.74) is 2.20. The molecule has 0 spiro atoms. The first-order chi connectivity index (χ1) is 10.3. The van der Waals surface area contributed by atoms with Crippen molar-refractivity contribution in [2.24, 2.45) is 0 Å². The molecule has 7 heteroatoms. The third-order valence-corrected chi connectivity index (χ3v) is 4.05. The van der Waals surface area contributed by atoms with Crippen molar-refractivity contribution < 1.29 is 0 Å². The Kier molecular flexibility index (Phi) is 4.52. The third kappa shape index (κ3) is 4.05. The number of pyridine rings is 1. The Hall–Kier alpha value is -1.86. The Morgan fingerprint density at radius 1 is 1.19 bits per heavy atom. The van der Waals surface area contributed by atoms with Crippen LogP contribution in [0.2, 0.25) is 0 Å². The quantitative estimate of drug-likeness (QED) is 0.724. The topological polar surface area (TPSA) is 66.5 Å². The normalized spacial score (nSPS) is 10.5. The first kappa shape index (κ1) is 14.1. The van der Waals surface area contributed by atoms with Crippen molar-refractivity contribution >= 4 is 33.4 Å². The molecule has 21 heavy (non-hydrogen) atoms. The lowest BCUT2D eigenvalue weighted by molar-refractivity contribution is 0.973. The van der Waals surface area contributed by atoms with Gasteiger partial charge in [-0.1, -0.05) is 11.8 Å². The molecule has 3 aromatic rings. The zero-order valence-electron chi connectivity index (χ0n) is 11.0. The van der Waals surface area contributed by atoms with Crippen molar-refractivity contribution in [2.45, 2.75) is 16.6 Å². The van der Waals surface area contributed by atoms with E-state index in [2.05, 4.69) is 53.5 Å². The number of nitrogens with one attached hydrogen (secondary N) is 2. The number of nitrogens with zero attached hydrogens (tertiary/aromatic N) is 3. The number of benzene rings is 1. The van der Waals surface area contributed by atoms with Gasteiger partial charge in [0.2, 0.25) is 0 Å². The van der Waals surface area contributed by atoms with Crippen LogP contribution in [0.4, 0.5) is 5.69 Å². The second-order valence-corrected chi connectivity index (χ2v) is 6.26. The lowest BCUT2D eigenvalue weighted by Gasteiger charge is -2.07. The van der Waals surface area contributed by atoms with E-state index in [-0.39, 0.29) is 0 Å². The fourth-order valence-electron chi connectivity index (χ4n) is 1.75. The summed E-state index contributed by atoms with van der Waals surface area (Å²) in [6, 6.07) is 10.2. The summed E-state index contributed by atoms with van der Waals surface area (Å²) in [4.78, 5) is 9.35. The predicted octanol–water partition coefficient (Wildman–Crippen LogP) is 3.73. The Bertz CT molecular complexity index is 700. The van der Waals surface area contributed by atoms with Crippen molar-refractivity contribution in [3.8, 4) is 0 Å². The van der Waals surface area contributed by atoms with Gasteiger partial charge in [-0.05, 0) is 51.8 Å². The van der Waals surface area contributed by atoms with Crippen molar-refractivity contribution in [3.05, 3.63) is 59.1 Å². The monoisotopic (exact) mass is 361 g/mol. The third-order valence-electron chi connectivity index (χ3n) is 2.72. The molecular weight excluding hydrogens is 350 g/mol. The van der Waals surface area contributed by atoms with E-state index >= 15 is 0 Å². The number of aromatic amines is 1. The first-order valence-electron chi connectivity index (χ1n) is 6.26. The highest BCUT2D eigenvalue weighted by atomic mass is 79.9. The van der Waals surface area contributed by atoms with Crippen LogP contribution in [0.5, 0.6) is 0 Å². The highest BCUT2D eigenvalue weighted by molar-refractivity contribution is 9.10. The van der Waals surface area contributed by atoms with E-state index in [9.17, 15) is 0 Å². The number of aromatic nitrogens is 4. The standard InChI is InChI=1S/C14H12BrN5S/c15-11-5-10(6-16-8-11)7-17-12-1-3-13(4-2-12)21-14-18-9-19-20-14/h1-6,8-9,17H,7H2,(H,18,19,20). The first-order valence-corrected chi connectivity index (χ1v) is 7.87.